The fourth-order valence-corrected chi connectivity index (χ4v) is 3.61. The van der Waals surface area contributed by atoms with Crippen LogP contribution in [0.4, 0.5) is 0 Å². The van der Waals surface area contributed by atoms with Crippen LogP contribution in [0.1, 0.15) is 18.4 Å². The minimum atomic E-state index is -1.25. The first-order valence-corrected chi connectivity index (χ1v) is 12.4. The molecule has 0 aliphatic heterocycles. The number of thioether (sulfide) groups is 1. The molecule has 1 rings (SSSR count). The van der Waals surface area contributed by atoms with Crippen LogP contribution >= 0.6 is 24.4 Å². The summed E-state index contributed by atoms with van der Waals surface area (Å²) in [5, 5.41) is 16.8. The first kappa shape index (κ1) is 29.3. The minimum Gasteiger partial charge on any atom is -0.480 e. The van der Waals surface area contributed by atoms with Crippen LogP contribution in [0, 0.1) is 0 Å². The van der Waals surface area contributed by atoms with Crippen LogP contribution in [0.15, 0.2) is 30.3 Å². The van der Waals surface area contributed by atoms with E-state index < -0.39 is 60.2 Å². The van der Waals surface area contributed by atoms with Crippen LogP contribution < -0.4 is 27.4 Å². The van der Waals surface area contributed by atoms with Gasteiger partial charge in [0.15, 0.2) is 0 Å². The maximum Gasteiger partial charge on any atom is 0.326 e. The zero-order valence-corrected chi connectivity index (χ0v) is 20.4. The molecule has 0 aromatic heterocycles. The zero-order chi connectivity index (χ0) is 25.7. The van der Waals surface area contributed by atoms with Crippen LogP contribution in [0.2, 0.25) is 0 Å². The fourth-order valence-electron chi connectivity index (χ4n) is 2.88. The Bertz CT molecular complexity index is 857. The van der Waals surface area contributed by atoms with Crippen molar-refractivity contribution in [3.63, 3.8) is 0 Å². The monoisotopic (exact) mass is 513 g/mol. The molecule has 13 heteroatoms. The Morgan fingerprint density at radius 2 is 1.53 bits per heavy atom. The first-order valence-electron chi connectivity index (χ1n) is 10.4. The van der Waals surface area contributed by atoms with Crippen molar-refractivity contribution in [2.24, 2.45) is 11.5 Å². The molecule has 34 heavy (non-hydrogen) atoms. The Morgan fingerprint density at radius 3 is 2.06 bits per heavy atom. The van der Waals surface area contributed by atoms with E-state index in [0.717, 1.165) is 5.56 Å². The predicted octanol–water partition coefficient (Wildman–Crippen LogP) is -1.35. The van der Waals surface area contributed by atoms with Gasteiger partial charge in [-0.2, -0.15) is 24.4 Å². The number of nitrogens with two attached hydrogens (primary N) is 2. The number of rotatable bonds is 15. The largest absolute Gasteiger partial charge is 0.480 e. The van der Waals surface area contributed by atoms with Crippen molar-refractivity contribution >= 4 is 54.0 Å². The van der Waals surface area contributed by atoms with Crippen molar-refractivity contribution in [2.45, 2.75) is 43.4 Å². The summed E-state index contributed by atoms with van der Waals surface area (Å²) in [5.41, 5.74) is 11.4. The van der Waals surface area contributed by atoms with Crippen LogP contribution in [-0.2, 0) is 30.4 Å². The molecule has 11 nitrogen and oxygen atoms in total. The first-order chi connectivity index (χ1) is 16.1. The third-order valence-corrected chi connectivity index (χ3v) is 5.72. The maximum absolute atomic E-state index is 12.9. The number of aliphatic carboxylic acids is 1. The Balaban J connectivity index is 2.99. The highest BCUT2D eigenvalue weighted by Gasteiger charge is 2.30. The summed E-state index contributed by atoms with van der Waals surface area (Å²) in [6.45, 7) is 0. The molecule has 1 aromatic carbocycles. The normalized spacial score (nSPS) is 14.2. The van der Waals surface area contributed by atoms with Crippen molar-refractivity contribution in [1.82, 2.24) is 16.0 Å². The standard InChI is InChI=1S/C21H31N5O6S2/c1-34-8-7-14(21(31)32)24-19(29)15(9-12-5-3-2-4-6-12)25-20(30)16(11-33)26-18(28)13(22)10-17(23)27/h2-6,13-16,33H,7-11,22H2,1H3,(H2,23,27)(H,24,29)(H,25,30)(H,26,28)(H,31,32). The third-order valence-electron chi connectivity index (χ3n) is 4.71. The van der Waals surface area contributed by atoms with E-state index in [-0.39, 0.29) is 18.6 Å². The number of carboxylic acids is 1. The average molecular weight is 514 g/mol. The number of benzene rings is 1. The van der Waals surface area contributed by atoms with Crippen molar-refractivity contribution in [3.8, 4) is 0 Å². The molecule has 0 bridgehead atoms. The van der Waals surface area contributed by atoms with E-state index in [1.165, 1.54) is 11.8 Å². The van der Waals surface area contributed by atoms with Crippen LogP contribution in [0.3, 0.4) is 0 Å². The van der Waals surface area contributed by atoms with Gasteiger partial charge in [0.1, 0.15) is 18.1 Å². The molecule has 0 saturated heterocycles. The van der Waals surface area contributed by atoms with Gasteiger partial charge >= 0.3 is 5.97 Å². The summed E-state index contributed by atoms with van der Waals surface area (Å²) in [6, 6.07) is 4.19. The van der Waals surface area contributed by atoms with Crippen LogP contribution in [0.5, 0.6) is 0 Å². The second kappa shape index (κ2) is 15.2. The highest BCUT2D eigenvalue weighted by molar-refractivity contribution is 7.98. The molecule has 8 N–H and O–H groups in total. The molecule has 0 radical (unpaired) electrons. The molecule has 0 spiro atoms. The van der Waals surface area contributed by atoms with Gasteiger partial charge in [-0.3, -0.25) is 19.2 Å². The number of primary amides is 1. The molecule has 0 aliphatic carbocycles. The molecular weight excluding hydrogens is 482 g/mol. The number of thiol groups is 1. The fraction of sp³-hybridized carbons (Fsp3) is 0.476. The van der Waals surface area contributed by atoms with Gasteiger partial charge in [-0.1, -0.05) is 30.3 Å². The molecular formula is C21H31N5O6S2. The van der Waals surface area contributed by atoms with Crippen LogP contribution in [-0.4, -0.2) is 76.6 Å². The summed E-state index contributed by atoms with van der Waals surface area (Å²) in [6.07, 6.45) is 1.71. The van der Waals surface area contributed by atoms with Gasteiger partial charge in [0.25, 0.3) is 0 Å². The van der Waals surface area contributed by atoms with E-state index in [1.54, 1.807) is 30.3 Å². The maximum atomic E-state index is 12.9. The lowest BCUT2D eigenvalue weighted by molar-refractivity contribution is -0.142. The van der Waals surface area contributed by atoms with E-state index in [1.807, 2.05) is 6.26 Å². The summed E-state index contributed by atoms with van der Waals surface area (Å²) >= 11 is 5.52. The van der Waals surface area contributed by atoms with Gasteiger partial charge in [0.05, 0.1) is 12.5 Å². The number of hydrogen-bond acceptors (Lipinski definition) is 8. The summed E-state index contributed by atoms with van der Waals surface area (Å²) in [4.78, 5) is 60.5. The molecule has 1 aromatic rings. The number of carbonyl (C=O) groups excluding carboxylic acids is 4. The van der Waals surface area contributed by atoms with E-state index in [2.05, 4.69) is 28.6 Å². The second-order valence-corrected chi connectivity index (χ2v) is 8.80. The molecule has 4 amide bonds. The SMILES string of the molecule is CSCCC(NC(=O)C(Cc1ccccc1)NC(=O)C(CS)NC(=O)C(N)CC(N)=O)C(=O)O. The lowest BCUT2D eigenvalue weighted by Gasteiger charge is -2.24. The van der Waals surface area contributed by atoms with Gasteiger partial charge in [-0.05, 0) is 24.0 Å². The lowest BCUT2D eigenvalue weighted by Crippen LogP contribution is -2.58. The molecule has 188 valence electrons. The van der Waals surface area contributed by atoms with E-state index >= 15 is 0 Å². The minimum absolute atomic E-state index is 0.0850. The lowest BCUT2D eigenvalue weighted by atomic mass is 10.0. The number of hydrogen-bond donors (Lipinski definition) is 7. The quantitative estimate of drug-likeness (QED) is 0.140. The van der Waals surface area contributed by atoms with Crippen molar-refractivity contribution in [2.75, 3.05) is 17.8 Å². The molecule has 4 unspecified atom stereocenters. The van der Waals surface area contributed by atoms with Gasteiger partial charge < -0.3 is 32.5 Å². The zero-order valence-electron chi connectivity index (χ0n) is 18.7. The Labute approximate surface area is 207 Å². The van der Waals surface area contributed by atoms with Crippen molar-refractivity contribution < 1.29 is 29.1 Å². The molecule has 0 heterocycles. The molecule has 0 saturated carbocycles. The molecule has 0 aliphatic rings. The van der Waals surface area contributed by atoms with E-state index in [9.17, 15) is 29.1 Å². The highest BCUT2D eigenvalue weighted by atomic mass is 32.2. The average Bonchev–Trinajstić information content (AvgIpc) is 2.79. The van der Waals surface area contributed by atoms with Crippen molar-refractivity contribution in [3.05, 3.63) is 35.9 Å². The molecule has 4 atom stereocenters. The number of amides is 4. The van der Waals surface area contributed by atoms with Gasteiger partial charge in [-0.15, -0.1) is 0 Å². The highest BCUT2D eigenvalue weighted by Crippen LogP contribution is 2.07. The van der Waals surface area contributed by atoms with Gasteiger partial charge in [0, 0.05) is 12.2 Å². The van der Waals surface area contributed by atoms with Crippen LogP contribution in [0.25, 0.3) is 0 Å². The van der Waals surface area contributed by atoms with Gasteiger partial charge in [-0.25, -0.2) is 4.79 Å². The van der Waals surface area contributed by atoms with E-state index in [4.69, 9.17) is 11.5 Å². The third kappa shape index (κ3) is 10.4. The predicted molar refractivity (Wildman–Crippen MR) is 132 cm³/mol. The number of carboxylic acid groups (broad SMARTS) is 1. The summed E-state index contributed by atoms with van der Waals surface area (Å²) in [5.74, 6) is -3.74. The summed E-state index contributed by atoms with van der Waals surface area (Å²) in [7, 11) is 0. The Kier molecular flexibility index (Phi) is 13.1. The molecule has 0 fully saturated rings. The number of carbonyl (C=O) groups is 5. The van der Waals surface area contributed by atoms with Gasteiger partial charge in [0.2, 0.25) is 23.6 Å². The smallest absolute Gasteiger partial charge is 0.326 e. The Hall–Kier alpha value is -2.77. The number of nitrogens with one attached hydrogen (secondary N) is 3. The Morgan fingerprint density at radius 1 is 0.971 bits per heavy atom. The summed E-state index contributed by atoms with van der Waals surface area (Å²) < 4.78 is 0. The van der Waals surface area contributed by atoms with E-state index in [0.29, 0.717) is 5.75 Å². The second-order valence-electron chi connectivity index (χ2n) is 7.45. The van der Waals surface area contributed by atoms with Crippen molar-refractivity contribution in [1.29, 1.82) is 0 Å². The topological polar surface area (TPSA) is 194 Å².